The Labute approximate surface area is 351 Å². The molecule has 3 N–H and O–H groups in total. The number of rotatable bonds is 7. The van der Waals surface area contributed by atoms with Gasteiger partial charge in [-0.1, -0.05) is 45.8 Å². The molecular formula is C46H71FN2O10. The molecule has 1 saturated carbocycles. The molecule has 3 aliphatic heterocycles. The molecule has 1 aliphatic carbocycles. The molecule has 4 rings (SSSR count). The van der Waals surface area contributed by atoms with Crippen LogP contribution in [0, 0.1) is 41.4 Å². The Hall–Kier alpha value is -2.99. The maximum atomic E-state index is 16.2. The van der Waals surface area contributed by atoms with E-state index in [9.17, 15) is 24.3 Å². The Bertz CT molecular complexity index is 1590. The number of nitrogens with zero attached hydrogens (tertiary/aromatic N) is 1. The van der Waals surface area contributed by atoms with Gasteiger partial charge in [-0.2, -0.15) is 0 Å². The summed E-state index contributed by atoms with van der Waals surface area (Å²) in [5, 5.41) is 12.0. The standard InChI is InChI=1S/C46H71FN2O10/c1-10-12-21-57-37-26-32(17-18-34(37)48)22-30(6)41-27(3)16-19-36(50)33(11-2)23-28(4)40(47)29(5)24-38(55-8)42-39(56-9)25-31(7)46(54,59-42)43(51)44(52)49-20-14-13-15-35(49)45(53)58-41/h22-23,27,29,31-35,37-42,54H,11,13-21,24-26,48H2,1-9H3. The van der Waals surface area contributed by atoms with Crippen LogP contribution in [-0.2, 0) is 42.9 Å². The van der Waals surface area contributed by atoms with Crippen LogP contribution in [0.4, 0.5) is 4.39 Å². The first-order valence-corrected chi connectivity index (χ1v) is 21.8. The van der Waals surface area contributed by atoms with Gasteiger partial charge < -0.3 is 39.4 Å². The molecule has 14 unspecified atom stereocenters. The van der Waals surface area contributed by atoms with Crippen LogP contribution >= 0.6 is 0 Å². The van der Waals surface area contributed by atoms with E-state index in [4.69, 9.17) is 29.4 Å². The molecule has 0 radical (unpaired) electrons. The minimum absolute atomic E-state index is 0.0307. The molecule has 2 bridgehead atoms. The van der Waals surface area contributed by atoms with Crippen LogP contribution in [0.15, 0.2) is 23.3 Å². The van der Waals surface area contributed by atoms with Crippen LogP contribution < -0.4 is 5.73 Å². The van der Waals surface area contributed by atoms with Crippen LogP contribution in [0.5, 0.6) is 0 Å². The third kappa shape index (κ3) is 11.9. The van der Waals surface area contributed by atoms with Crippen molar-refractivity contribution in [3.63, 3.8) is 0 Å². The second-order valence-corrected chi connectivity index (χ2v) is 17.6. The summed E-state index contributed by atoms with van der Waals surface area (Å²) in [5.74, 6) is -1.93. The highest BCUT2D eigenvalue weighted by Gasteiger charge is 2.56. The second-order valence-electron chi connectivity index (χ2n) is 17.6. The van der Waals surface area contributed by atoms with E-state index >= 15 is 4.39 Å². The first-order chi connectivity index (χ1) is 28.0. The number of esters is 1. The summed E-state index contributed by atoms with van der Waals surface area (Å²) in [6, 6.07) is -1.21. The Balaban J connectivity index is 1.74. The monoisotopic (exact) mass is 831 g/mol. The second kappa shape index (κ2) is 22.2. The van der Waals surface area contributed by atoms with Crippen LogP contribution in [0.1, 0.15) is 119 Å². The molecule has 332 valence electrons. The average Bonchev–Trinajstić information content (AvgIpc) is 3.23. The molecule has 12 nitrogen and oxygen atoms in total. The SMILES string of the molecule is CC#CCOC1CC(C=C(C)C2OC(=O)C3CCCCN3C(=O)C(=O)C3(O)OC(C(OC)CC(C)C(F)C(C)=CC(CC)C(=O)CCC2C)C(OC)CC3C)CCC1N. The van der Waals surface area contributed by atoms with Gasteiger partial charge in [-0.05, 0) is 114 Å². The fraction of sp³-hybridized carbons (Fsp3) is 0.783. The Morgan fingerprint density at radius 1 is 1.02 bits per heavy atom. The van der Waals surface area contributed by atoms with Crippen molar-refractivity contribution in [2.45, 2.75) is 174 Å². The minimum Gasteiger partial charge on any atom is -0.456 e. The smallest absolute Gasteiger partial charge is 0.329 e. The molecule has 0 aromatic carbocycles. The Morgan fingerprint density at radius 3 is 2.37 bits per heavy atom. The lowest BCUT2D eigenvalue weighted by Gasteiger charge is -2.47. The summed E-state index contributed by atoms with van der Waals surface area (Å²) < 4.78 is 46.4. The van der Waals surface area contributed by atoms with E-state index in [0.717, 1.165) is 18.4 Å². The largest absolute Gasteiger partial charge is 0.456 e. The topological polar surface area (TPSA) is 164 Å². The van der Waals surface area contributed by atoms with Gasteiger partial charge in [0, 0.05) is 45.1 Å². The first-order valence-electron chi connectivity index (χ1n) is 21.8. The van der Waals surface area contributed by atoms with Gasteiger partial charge in [-0.15, -0.1) is 5.92 Å². The van der Waals surface area contributed by atoms with Gasteiger partial charge in [0.25, 0.3) is 11.7 Å². The van der Waals surface area contributed by atoms with Crippen molar-refractivity contribution in [2.75, 3.05) is 27.4 Å². The number of fused-ring (bicyclic) bond motifs is 3. The molecule has 3 heterocycles. The lowest BCUT2D eigenvalue weighted by molar-refractivity contribution is -0.302. The van der Waals surface area contributed by atoms with E-state index in [1.165, 1.54) is 19.1 Å². The minimum atomic E-state index is -2.56. The number of allylic oxidation sites excluding steroid dienone is 3. The van der Waals surface area contributed by atoms with Crippen LogP contribution in [0.2, 0.25) is 0 Å². The highest BCUT2D eigenvalue weighted by atomic mass is 19.1. The third-order valence-corrected chi connectivity index (χ3v) is 13.3. The number of piperidine rings is 1. The summed E-state index contributed by atoms with van der Waals surface area (Å²) in [4.78, 5) is 57.8. The van der Waals surface area contributed by atoms with E-state index < -0.39 is 77.8 Å². The molecule has 0 aromatic rings. The number of aliphatic hydroxyl groups is 1. The number of carbonyl (C=O) groups excluding carboxylic acids is 4. The van der Waals surface area contributed by atoms with Gasteiger partial charge in [0.15, 0.2) is 0 Å². The Morgan fingerprint density at radius 2 is 1.71 bits per heavy atom. The molecule has 0 spiro atoms. The van der Waals surface area contributed by atoms with Gasteiger partial charge in [-0.25, -0.2) is 9.18 Å². The molecule has 4 aliphatic rings. The average molecular weight is 831 g/mol. The van der Waals surface area contributed by atoms with Crippen LogP contribution in [-0.4, -0.2) is 115 Å². The van der Waals surface area contributed by atoms with Gasteiger partial charge in [0.2, 0.25) is 5.79 Å². The molecule has 13 heteroatoms. The number of halogens is 1. The van der Waals surface area contributed by atoms with Gasteiger partial charge in [-0.3, -0.25) is 14.4 Å². The van der Waals surface area contributed by atoms with Crippen molar-refractivity contribution >= 4 is 23.4 Å². The number of alkyl halides is 1. The number of hydrogen-bond acceptors (Lipinski definition) is 11. The molecule has 3 fully saturated rings. The van der Waals surface area contributed by atoms with E-state index in [0.29, 0.717) is 37.7 Å². The maximum Gasteiger partial charge on any atom is 0.329 e. The maximum absolute atomic E-state index is 16.2. The predicted octanol–water partition coefficient (Wildman–Crippen LogP) is 5.81. The number of carbonyl (C=O) groups is 4. The summed E-state index contributed by atoms with van der Waals surface area (Å²) >= 11 is 0. The summed E-state index contributed by atoms with van der Waals surface area (Å²) in [7, 11) is 2.92. The molecule has 14 atom stereocenters. The van der Waals surface area contributed by atoms with Crippen LogP contribution in [0.3, 0.4) is 0 Å². The number of cyclic esters (lactones) is 1. The third-order valence-electron chi connectivity index (χ3n) is 13.3. The number of nitrogens with two attached hydrogens (primary N) is 1. The van der Waals surface area contributed by atoms with E-state index in [2.05, 4.69) is 17.9 Å². The van der Waals surface area contributed by atoms with E-state index in [1.807, 2.05) is 20.8 Å². The number of hydrogen-bond donors (Lipinski definition) is 2. The zero-order valence-electron chi connectivity index (χ0n) is 36.9. The van der Waals surface area contributed by atoms with Crippen molar-refractivity contribution in [3.05, 3.63) is 23.3 Å². The lowest BCUT2D eigenvalue weighted by Crippen LogP contribution is -2.64. The normalized spacial score (nSPS) is 38.9. The molecule has 1 amide bonds. The number of Topliss-reactive ketones (excluding diaryl/α,β-unsaturated/α-hetero) is 2. The van der Waals surface area contributed by atoms with E-state index in [1.54, 1.807) is 33.8 Å². The number of ether oxygens (including phenoxy) is 5. The van der Waals surface area contributed by atoms with Crippen molar-refractivity contribution < 1.29 is 52.4 Å². The molecular weight excluding hydrogens is 760 g/mol. The highest BCUT2D eigenvalue weighted by Crippen LogP contribution is 2.39. The molecule has 0 aromatic heterocycles. The summed E-state index contributed by atoms with van der Waals surface area (Å²) in [5.41, 5.74) is 7.64. The van der Waals surface area contributed by atoms with Gasteiger partial charge in [0.05, 0.1) is 18.3 Å². The zero-order valence-corrected chi connectivity index (χ0v) is 36.9. The number of amides is 1. The van der Waals surface area contributed by atoms with Crippen LogP contribution in [0.25, 0.3) is 0 Å². The highest BCUT2D eigenvalue weighted by molar-refractivity contribution is 6.39. The fourth-order valence-electron chi connectivity index (χ4n) is 9.50. The zero-order chi connectivity index (χ0) is 43.6. The van der Waals surface area contributed by atoms with Crippen molar-refractivity contribution in [1.82, 2.24) is 4.90 Å². The predicted molar refractivity (Wildman–Crippen MR) is 221 cm³/mol. The number of methoxy groups -OCH3 is 2. The van der Waals surface area contributed by atoms with Crippen molar-refractivity contribution in [2.24, 2.45) is 35.3 Å². The van der Waals surface area contributed by atoms with Gasteiger partial charge in [0.1, 0.15) is 36.8 Å². The Kier molecular flexibility index (Phi) is 18.3. The summed E-state index contributed by atoms with van der Waals surface area (Å²) in [6.07, 6.45) is 3.96. The molecule has 59 heavy (non-hydrogen) atoms. The quantitative estimate of drug-likeness (QED) is 0.138. The first kappa shape index (κ1) is 48.7. The van der Waals surface area contributed by atoms with Crippen molar-refractivity contribution in [3.8, 4) is 11.8 Å². The van der Waals surface area contributed by atoms with Crippen molar-refractivity contribution in [1.29, 1.82) is 0 Å². The molecule has 2 saturated heterocycles. The fourth-order valence-corrected chi connectivity index (χ4v) is 9.50. The summed E-state index contributed by atoms with van der Waals surface area (Å²) in [6.45, 7) is 12.9. The lowest BCUT2D eigenvalue weighted by atomic mass is 9.81. The van der Waals surface area contributed by atoms with Gasteiger partial charge >= 0.3 is 5.97 Å². The number of ketones is 2. The van der Waals surface area contributed by atoms with E-state index in [-0.39, 0.29) is 68.6 Å².